The quantitative estimate of drug-likeness (QED) is 0.792. The molecule has 1 aliphatic heterocycles. The van der Waals surface area contributed by atoms with Crippen molar-refractivity contribution in [2.45, 2.75) is 51.6 Å². The van der Waals surface area contributed by atoms with E-state index in [-0.39, 0.29) is 6.10 Å². The Morgan fingerprint density at radius 1 is 1.47 bits per heavy atom. The van der Waals surface area contributed by atoms with E-state index in [9.17, 15) is 13.5 Å². The monoisotopic (exact) mass is 263 g/mol. The summed E-state index contributed by atoms with van der Waals surface area (Å²) in [4.78, 5) is 0. The van der Waals surface area contributed by atoms with Crippen molar-refractivity contribution in [1.82, 2.24) is 4.31 Å². The zero-order valence-corrected chi connectivity index (χ0v) is 11.7. The molecule has 1 heterocycles. The van der Waals surface area contributed by atoms with Crippen molar-refractivity contribution in [2.24, 2.45) is 5.92 Å². The van der Waals surface area contributed by atoms with E-state index in [1.165, 1.54) is 6.26 Å². The summed E-state index contributed by atoms with van der Waals surface area (Å²) in [6.45, 7) is 3.32. The molecule has 4 nitrogen and oxygen atoms in total. The van der Waals surface area contributed by atoms with Crippen LogP contribution in [0.2, 0.25) is 0 Å². The number of nitrogens with zero attached hydrogens (tertiary/aromatic N) is 1. The number of aliphatic hydroxyl groups is 1. The second-order valence-corrected chi connectivity index (χ2v) is 7.10. The van der Waals surface area contributed by atoms with Crippen LogP contribution in [0.4, 0.5) is 0 Å². The highest BCUT2D eigenvalue weighted by Crippen LogP contribution is 2.23. The van der Waals surface area contributed by atoms with Gasteiger partial charge < -0.3 is 5.11 Å². The van der Waals surface area contributed by atoms with Gasteiger partial charge in [-0.05, 0) is 38.0 Å². The molecular weight excluding hydrogens is 238 g/mol. The predicted molar refractivity (Wildman–Crippen MR) is 69.3 cm³/mol. The Morgan fingerprint density at radius 2 is 2.18 bits per heavy atom. The zero-order valence-electron chi connectivity index (χ0n) is 10.9. The molecular formula is C12H25NO3S. The highest BCUT2D eigenvalue weighted by molar-refractivity contribution is 7.88. The molecule has 0 bridgehead atoms. The molecule has 1 saturated heterocycles. The Labute approximate surface area is 105 Å². The summed E-state index contributed by atoms with van der Waals surface area (Å²) in [5.41, 5.74) is 0. The van der Waals surface area contributed by atoms with Crippen LogP contribution in [-0.2, 0) is 10.0 Å². The van der Waals surface area contributed by atoms with Gasteiger partial charge in [-0.25, -0.2) is 12.7 Å². The maximum Gasteiger partial charge on any atom is 0.211 e. The smallest absolute Gasteiger partial charge is 0.211 e. The van der Waals surface area contributed by atoms with E-state index >= 15 is 0 Å². The normalized spacial score (nSPS) is 24.8. The first-order chi connectivity index (χ1) is 7.93. The molecule has 0 aromatic carbocycles. The number of sulfonamides is 1. The summed E-state index contributed by atoms with van der Waals surface area (Å²) in [6.07, 6.45) is 6.86. The molecule has 0 saturated carbocycles. The second-order valence-electron chi connectivity index (χ2n) is 5.12. The van der Waals surface area contributed by atoms with Gasteiger partial charge in [-0.1, -0.05) is 13.3 Å². The molecule has 0 radical (unpaired) electrons. The third kappa shape index (κ3) is 5.36. The summed E-state index contributed by atoms with van der Waals surface area (Å²) in [7, 11) is -3.02. The van der Waals surface area contributed by atoms with E-state index in [0.717, 1.165) is 38.5 Å². The van der Waals surface area contributed by atoms with Crippen LogP contribution in [0.3, 0.4) is 0 Å². The SMILES string of the molecule is CCC(O)CCCC1CCCN(S(C)(=O)=O)C1. The van der Waals surface area contributed by atoms with Crippen molar-refractivity contribution in [2.75, 3.05) is 19.3 Å². The van der Waals surface area contributed by atoms with Gasteiger partial charge in [0, 0.05) is 13.1 Å². The lowest BCUT2D eigenvalue weighted by Gasteiger charge is -2.31. The molecule has 17 heavy (non-hydrogen) atoms. The first-order valence-electron chi connectivity index (χ1n) is 6.56. The molecule has 1 fully saturated rings. The minimum Gasteiger partial charge on any atom is -0.393 e. The van der Waals surface area contributed by atoms with Crippen molar-refractivity contribution in [1.29, 1.82) is 0 Å². The summed E-state index contributed by atoms with van der Waals surface area (Å²) in [5.74, 6) is 0.475. The van der Waals surface area contributed by atoms with E-state index in [1.807, 2.05) is 6.92 Å². The van der Waals surface area contributed by atoms with Crippen LogP contribution in [0.5, 0.6) is 0 Å². The fraction of sp³-hybridized carbons (Fsp3) is 1.00. The molecule has 0 amide bonds. The summed E-state index contributed by atoms with van der Waals surface area (Å²) < 4.78 is 24.5. The molecule has 1 N–H and O–H groups in total. The Kier molecular flexibility index (Phi) is 5.89. The minimum atomic E-state index is -3.02. The first kappa shape index (κ1) is 14.9. The first-order valence-corrected chi connectivity index (χ1v) is 8.41. The number of rotatable bonds is 6. The Balaban J connectivity index is 2.30. The van der Waals surface area contributed by atoms with Crippen molar-refractivity contribution in [3.8, 4) is 0 Å². The van der Waals surface area contributed by atoms with Gasteiger partial charge in [0.25, 0.3) is 0 Å². The Hall–Kier alpha value is -0.130. The van der Waals surface area contributed by atoms with Gasteiger partial charge in [-0.15, -0.1) is 0 Å². The number of piperidine rings is 1. The van der Waals surface area contributed by atoms with Gasteiger partial charge in [0.2, 0.25) is 10.0 Å². The number of aliphatic hydroxyl groups excluding tert-OH is 1. The molecule has 5 heteroatoms. The van der Waals surface area contributed by atoms with Crippen LogP contribution in [0.1, 0.15) is 45.4 Å². The summed E-state index contributed by atoms with van der Waals surface area (Å²) in [5, 5.41) is 9.46. The topological polar surface area (TPSA) is 57.6 Å². The highest BCUT2D eigenvalue weighted by atomic mass is 32.2. The highest BCUT2D eigenvalue weighted by Gasteiger charge is 2.25. The van der Waals surface area contributed by atoms with E-state index in [4.69, 9.17) is 0 Å². The largest absolute Gasteiger partial charge is 0.393 e. The van der Waals surface area contributed by atoms with E-state index < -0.39 is 10.0 Å². The number of hydrogen-bond acceptors (Lipinski definition) is 3. The van der Waals surface area contributed by atoms with Gasteiger partial charge in [0.15, 0.2) is 0 Å². The molecule has 102 valence electrons. The molecule has 0 aliphatic carbocycles. The average molecular weight is 263 g/mol. The third-order valence-electron chi connectivity index (χ3n) is 3.57. The molecule has 0 aromatic rings. The van der Waals surface area contributed by atoms with Crippen LogP contribution in [-0.4, -0.2) is 43.3 Å². The third-order valence-corrected chi connectivity index (χ3v) is 4.84. The van der Waals surface area contributed by atoms with Gasteiger partial charge in [0.05, 0.1) is 12.4 Å². The molecule has 2 atom stereocenters. The van der Waals surface area contributed by atoms with Crippen molar-refractivity contribution in [3.05, 3.63) is 0 Å². The van der Waals surface area contributed by atoms with E-state index in [2.05, 4.69) is 0 Å². The maximum absolute atomic E-state index is 11.4. The minimum absolute atomic E-state index is 0.190. The molecule has 0 spiro atoms. The standard InChI is InChI=1S/C12H25NO3S/c1-3-12(14)8-4-6-11-7-5-9-13(10-11)17(2,15)16/h11-12,14H,3-10H2,1-2H3. The fourth-order valence-corrected chi connectivity index (χ4v) is 3.35. The van der Waals surface area contributed by atoms with Gasteiger partial charge in [-0.2, -0.15) is 0 Å². The van der Waals surface area contributed by atoms with Crippen LogP contribution >= 0.6 is 0 Å². The van der Waals surface area contributed by atoms with E-state index in [1.54, 1.807) is 4.31 Å². The van der Waals surface area contributed by atoms with Crippen LogP contribution in [0.25, 0.3) is 0 Å². The van der Waals surface area contributed by atoms with Crippen molar-refractivity contribution in [3.63, 3.8) is 0 Å². The van der Waals surface area contributed by atoms with Crippen LogP contribution in [0.15, 0.2) is 0 Å². The Bertz CT molecular complexity index is 316. The van der Waals surface area contributed by atoms with Crippen molar-refractivity contribution < 1.29 is 13.5 Å². The van der Waals surface area contributed by atoms with Gasteiger partial charge in [-0.3, -0.25) is 0 Å². The molecule has 0 aromatic heterocycles. The fourth-order valence-electron chi connectivity index (χ4n) is 2.41. The lowest BCUT2D eigenvalue weighted by atomic mass is 9.93. The summed E-state index contributed by atoms with van der Waals surface area (Å²) in [6, 6.07) is 0. The molecule has 2 unspecified atom stereocenters. The maximum atomic E-state index is 11.4. The predicted octanol–water partition coefficient (Wildman–Crippen LogP) is 1.60. The molecule has 1 aliphatic rings. The van der Waals surface area contributed by atoms with Gasteiger partial charge >= 0.3 is 0 Å². The van der Waals surface area contributed by atoms with E-state index in [0.29, 0.717) is 19.0 Å². The van der Waals surface area contributed by atoms with Crippen molar-refractivity contribution >= 4 is 10.0 Å². The lowest BCUT2D eigenvalue weighted by Crippen LogP contribution is -2.39. The Morgan fingerprint density at radius 3 is 2.76 bits per heavy atom. The molecule has 1 rings (SSSR count). The zero-order chi connectivity index (χ0) is 12.9. The van der Waals surface area contributed by atoms with Gasteiger partial charge in [0.1, 0.15) is 0 Å². The van der Waals surface area contributed by atoms with Crippen LogP contribution < -0.4 is 0 Å². The van der Waals surface area contributed by atoms with Crippen LogP contribution in [0, 0.1) is 5.92 Å². The second kappa shape index (κ2) is 6.71. The lowest BCUT2D eigenvalue weighted by molar-refractivity contribution is 0.151. The number of hydrogen-bond donors (Lipinski definition) is 1. The summed E-state index contributed by atoms with van der Waals surface area (Å²) >= 11 is 0. The average Bonchev–Trinajstić information content (AvgIpc) is 2.28.